The third-order valence-corrected chi connectivity index (χ3v) is 4.41. The van der Waals surface area contributed by atoms with Gasteiger partial charge in [0.1, 0.15) is 18.0 Å². The van der Waals surface area contributed by atoms with Gasteiger partial charge in [0, 0.05) is 18.8 Å². The first kappa shape index (κ1) is 24.3. The predicted molar refractivity (Wildman–Crippen MR) is 112 cm³/mol. The van der Waals surface area contributed by atoms with Crippen LogP contribution in [0.1, 0.15) is 62.7 Å². The van der Waals surface area contributed by atoms with E-state index < -0.39 is 5.60 Å². The number of unbranched alkanes of at least 4 members (excludes halogenated alkanes) is 5. The monoisotopic (exact) mass is 392 g/mol. The number of rotatable bonds is 17. The summed E-state index contributed by atoms with van der Waals surface area (Å²) in [6, 6.07) is 7.13. The molecule has 158 valence electrons. The van der Waals surface area contributed by atoms with Crippen LogP contribution in [-0.2, 0) is 9.47 Å². The van der Waals surface area contributed by atoms with Crippen LogP contribution in [0.3, 0.4) is 0 Å². The third-order valence-electron chi connectivity index (χ3n) is 4.41. The number of hydrogen-bond donors (Lipinski definition) is 1. The lowest BCUT2D eigenvalue weighted by Crippen LogP contribution is -2.35. The van der Waals surface area contributed by atoms with Gasteiger partial charge in [0.05, 0.1) is 13.2 Å². The van der Waals surface area contributed by atoms with Gasteiger partial charge in [-0.3, -0.25) is 4.79 Å². The molecule has 0 saturated carbocycles. The van der Waals surface area contributed by atoms with E-state index in [2.05, 4.69) is 6.58 Å². The molecule has 0 aliphatic carbocycles. The van der Waals surface area contributed by atoms with Crippen LogP contribution in [0.5, 0.6) is 5.75 Å². The van der Waals surface area contributed by atoms with Crippen molar-refractivity contribution >= 4 is 5.78 Å². The van der Waals surface area contributed by atoms with Crippen molar-refractivity contribution < 1.29 is 24.1 Å². The minimum Gasteiger partial charge on any atom is -0.491 e. The highest BCUT2D eigenvalue weighted by molar-refractivity contribution is 6.02. The van der Waals surface area contributed by atoms with E-state index in [1.807, 2.05) is 13.8 Å². The molecule has 0 heterocycles. The van der Waals surface area contributed by atoms with Gasteiger partial charge >= 0.3 is 0 Å². The zero-order valence-corrected chi connectivity index (χ0v) is 17.5. The smallest absolute Gasteiger partial charge is 0.194 e. The van der Waals surface area contributed by atoms with Crippen LogP contribution in [-0.4, -0.2) is 49.5 Å². The van der Waals surface area contributed by atoms with Crippen LogP contribution in [0, 0.1) is 0 Å². The normalized spacial score (nSPS) is 11.4. The fraction of sp³-hybridized carbons (Fsp3) is 0.609. The second kappa shape index (κ2) is 14.3. The summed E-state index contributed by atoms with van der Waals surface area (Å²) in [6.45, 7) is 9.53. The van der Waals surface area contributed by atoms with Gasteiger partial charge in [-0.1, -0.05) is 31.8 Å². The van der Waals surface area contributed by atoms with Gasteiger partial charge in [-0.25, -0.2) is 0 Å². The molecule has 0 radical (unpaired) electrons. The number of ketones is 1. The second-order valence-electron chi connectivity index (χ2n) is 7.27. The Morgan fingerprint density at radius 2 is 1.64 bits per heavy atom. The Bertz CT molecular complexity index is 551. The summed E-state index contributed by atoms with van der Waals surface area (Å²) in [7, 11) is 0. The summed E-state index contributed by atoms with van der Waals surface area (Å²) in [6.07, 6.45) is 7.95. The SMILES string of the molecule is C=CCOCCOc1ccc(C(=O)C(C)(C)OCCCCCCCCO)cc1. The van der Waals surface area contributed by atoms with Crippen LogP contribution in [0.4, 0.5) is 0 Å². The molecular weight excluding hydrogens is 356 g/mol. The predicted octanol–water partition coefficient (Wildman–Crippen LogP) is 4.58. The molecule has 0 amide bonds. The van der Waals surface area contributed by atoms with Crippen LogP contribution in [0.2, 0.25) is 0 Å². The summed E-state index contributed by atoms with van der Waals surface area (Å²) < 4.78 is 16.7. The van der Waals surface area contributed by atoms with Gasteiger partial charge in [-0.2, -0.15) is 0 Å². The Kier molecular flexibility index (Phi) is 12.5. The Labute approximate surface area is 169 Å². The molecular formula is C23H36O5. The molecule has 1 N–H and O–H groups in total. The maximum Gasteiger partial charge on any atom is 0.194 e. The van der Waals surface area contributed by atoms with E-state index in [9.17, 15) is 4.79 Å². The number of aliphatic hydroxyl groups excluding tert-OH is 1. The van der Waals surface area contributed by atoms with E-state index in [1.54, 1.807) is 30.3 Å². The number of Topliss-reactive ketones (excluding diaryl/α,β-unsaturated/α-hetero) is 1. The highest BCUT2D eigenvalue weighted by atomic mass is 16.5. The Balaban J connectivity index is 2.32. The molecule has 0 bridgehead atoms. The number of carbonyl (C=O) groups is 1. The fourth-order valence-electron chi connectivity index (χ4n) is 2.75. The van der Waals surface area contributed by atoms with E-state index in [0.29, 0.717) is 37.7 Å². The number of ether oxygens (including phenoxy) is 3. The van der Waals surface area contributed by atoms with Crippen molar-refractivity contribution in [3.05, 3.63) is 42.5 Å². The number of aliphatic hydroxyl groups is 1. The largest absolute Gasteiger partial charge is 0.491 e. The van der Waals surface area contributed by atoms with Gasteiger partial charge < -0.3 is 19.3 Å². The van der Waals surface area contributed by atoms with Crippen molar-refractivity contribution in [2.75, 3.05) is 33.0 Å². The van der Waals surface area contributed by atoms with E-state index in [4.69, 9.17) is 19.3 Å². The van der Waals surface area contributed by atoms with Gasteiger partial charge in [0.15, 0.2) is 5.78 Å². The summed E-state index contributed by atoms with van der Waals surface area (Å²) >= 11 is 0. The average molecular weight is 393 g/mol. The fourth-order valence-corrected chi connectivity index (χ4v) is 2.75. The van der Waals surface area contributed by atoms with Crippen molar-refractivity contribution in [2.24, 2.45) is 0 Å². The maximum absolute atomic E-state index is 12.7. The summed E-state index contributed by atoms with van der Waals surface area (Å²) in [5, 5.41) is 8.76. The highest BCUT2D eigenvalue weighted by Crippen LogP contribution is 2.20. The molecule has 28 heavy (non-hydrogen) atoms. The molecule has 1 aromatic carbocycles. The molecule has 0 aliphatic rings. The molecule has 0 unspecified atom stereocenters. The van der Waals surface area contributed by atoms with E-state index in [1.165, 1.54) is 0 Å². The zero-order chi connectivity index (χ0) is 20.7. The Morgan fingerprint density at radius 3 is 2.29 bits per heavy atom. The number of benzene rings is 1. The molecule has 5 nitrogen and oxygen atoms in total. The van der Waals surface area contributed by atoms with Crippen molar-refractivity contribution in [3.63, 3.8) is 0 Å². The van der Waals surface area contributed by atoms with Gasteiger partial charge in [-0.05, 0) is 51.0 Å². The van der Waals surface area contributed by atoms with E-state index in [-0.39, 0.29) is 12.4 Å². The molecule has 5 heteroatoms. The lowest BCUT2D eigenvalue weighted by molar-refractivity contribution is -0.00589. The minimum atomic E-state index is -0.849. The minimum absolute atomic E-state index is 0.0312. The second-order valence-corrected chi connectivity index (χ2v) is 7.27. The van der Waals surface area contributed by atoms with Gasteiger partial charge in [0.25, 0.3) is 0 Å². The van der Waals surface area contributed by atoms with Crippen LogP contribution in [0.15, 0.2) is 36.9 Å². The first-order chi connectivity index (χ1) is 13.5. The highest BCUT2D eigenvalue weighted by Gasteiger charge is 2.29. The molecule has 0 fully saturated rings. The zero-order valence-electron chi connectivity index (χ0n) is 17.5. The lowest BCUT2D eigenvalue weighted by atomic mass is 9.96. The van der Waals surface area contributed by atoms with E-state index in [0.717, 1.165) is 38.5 Å². The molecule has 1 rings (SSSR count). The van der Waals surface area contributed by atoms with E-state index >= 15 is 0 Å². The van der Waals surface area contributed by atoms with Crippen LogP contribution < -0.4 is 4.74 Å². The third kappa shape index (κ3) is 10.0. The summed E-state index contributed by atoms with van der Waals surface area (Å²) in [5.74, 6) is 0.676. The van der Waals surface area contributed by atoms with Crippen molar-refractivity contribution in [1.82, 2.24) is 0 Å². The molecule has 1 aromatic rings. The van der Waals surface area contributed by atoms with Gasteiger partial charge in [-0.15, -0.1) is 6.58 Å². The van der Waals surface area contributed by atoms with Crippen molar-refractivity contribution in [2.45, 2.75) is 58.0 Å². The van der Waals surface area contributed by atoms with Crippen LogP contribution in [0.25, 0.3) is 0 Å². The molecule has 0 saturated heterocycles. The summed E-state index contributed by atoms with van der Waals surface area (Å²) in [5.41, 5.74) is -0.234. The van der Waals surface area contributed by atoms with Crippen LogP contribution >= 0.6 is 0 Å². The quantitative estimate of drug-likeness (QED) is 0.239. The first-order valence-electron chi connectivity index (χ1n) is 10.2. The van der Waals surface area contributed by atoms with Crippen molar-refractivity contribution in [3.8, 4) is 5.75 Å². The average Bonchev–Trinajstić information content (AvgIpc) is 2.69. The first-order valence-corrected chi connectivity index (χ1v) is 10.2. The topological polar surface area (TPSA) is 65.0 Å². The molecule has 0 aromatic heterocycles. The number of carbonyl (C=O) groups excluding carboxylic acids is 1. The standard InChI is InChI=1S/C23H36O5/c1-4-16-26-18-19-27-21-13-11-20(12-14-21)22(25)23(2,3)28-17-10-8-6-5-7-9-15-24/h4,11-14,24H,1,5-10,15-19H2,2-3H3. The Hall–Kier alpha value is -1.69. The Morgan fingerprint density at radius 1 is 1.00 bits per heavy atom. The lowest BCUT2D eigenvalue weighted by Gasteiger charge is -2.24. The molecule has 0 aliphatic heterocycles. The maximum atomic E-state index is 12.7. The number of hydrogen-bond acceptors (Lipinski definition) is 5. The summed E-state index contributed by atoms with van der Waals surface area (Å²) in [4.78, 5) is 12.7. The molecule has 0 atom stereocenters. The van der Waals surface area contributed by atoms with Crippen molar-refractivity contribution in [1.29, 1.82) is 0 Å². The molecule has 0 spiro atoms. The van der Waals surface area contributed by atoms with Gasteiger partial charge in [0.2, 0.25) is 0 Å².